The maximum atomic E-state index is 11.2. The molecule has 0 saturated carbocycles. The molecule has 1 heterocycles. The Kier molecular flexibility index (Phi) is 5.70. The summed E-state index contributed by atoms with van der Waals surface area (Å²) < 4.78 is 5.68. The van der Waals surface area contributed by atoms with E-state index in [4.69, 9.17) is 4.42 Å². The molecule has 0 aliphatic carbocycles. The predicted molar refractivity (Wildman–Crippen MR) is 88.5 cm³/mol. The second-order valence-electron chi connectivity index (χ2n) is 5.97. The fourth-order valence-electron chi connectivity index (χ4n) is 2.34. The van der Waals surface area contributed by atoms with Crippen molar-refractivity contribution >= 4 is 11.7 Å². The van der Waals surface area contributed by atoms with E-state index in [2.05, 4.69) is 5.32 Å². The lowest BCUT2D eigenvalue weighted by atomic mass is 10.0. The van der Waals surface area contributed by atoms with Crippen LogP contribution in [0.5, 0.6) is 0 Å². The van der Waals surface area contributed by atoms with Crippen molar-refractivity contribution in [1.29, 1.82) is 0 Å². The first-order chi connectivity index (χ1) is 11.4. The number of carboxylic acids is 1. The average Bonchev–Trinajstić information content (AvgIpc) is 2.99. The monoisotopic (exact) mass is 332 g/mol. The van der Waals surface area contributed by atoms with E-state index < -0.39 is 16.9 Å². The molecular weight excluding hydrogens is 312 g/mol. The van der Waals surface area contributed by atoms with E-state index in [1.54, 1.807) is 24.3 Å². The Balaban J connectivity index is 2.02. The number of rotatable bonds is 8. The van der Waals surface area contributed by atoms with E-state index in [1.165, 1.54) is 12.1 Å². The standard InChI is InChI=1S/C17H20N2O5/c1-11(2)9-15(17(20)21)18-10-14-7-8-16(24-14)12-3-5-13(6-4-12)19(22)23/h3-8,11,15,18H,9-10H2,1-2H3,(H,20,21). The molecule has 2 N–H and O–H groups in total. The van der Waals surface area contributed by atoms with Crippen LogP contribution in [0.25, 0.3) is 11.3 Å². The number of nitro groups is 1. The van der Waals surface area contributed by atoms with Crippen LogP contribution in [0.1, 0.15) is 26.0 Å². The summed E-state index contributed by atoms with van der Waals surface area (Å²) >= 11 is 0. The van der Waals surface area contributed by atoms with Crippen LogP contribution < -0.4 is 5.32 Å². The van der Waals surface area contributed by atoms with E-state index in [1.807, 2.05) is 13.8 Å². The molecule has 0 spiro atoms. The molecule has 0 fully saturated rings. The highest BCUT2D eigenvalue weighted by atomic mass is 16.6. The Morgan fingerprint density at radius 2 is 1.92 bits per heavy atom. The number of non-ortho nitro benzene ring substituents is 1. The third kappa shape index (κ3) is 4.66. The molecular formula is C17H20N2O5. The summed E-state index contributed by atoms with van der Waals surface area (Å²) in [4.78, 5) is 21.4. The Labute approximate surface area is 139 Å². The van der Waals surface area contributed by atoms with E-state index in [0.717, 1.165) is 5.56 Å². The predicted octanol–water partition coefficient (Wildman–Crippen LogP) is 3.44. The number of hydrogen-bond donors (Lipinski definition) is 2. The Morgan fingerprint density at radius 3 is 2.46 bits per heavy atom. The Morgan fingerprint density at radius 1 is 1.25 bits per heavy atom. The van der Waals surface area contributed by atoms with Gasteiger partial charge in [0.1, 0.15) is 17.6 Å². The van der Waals surface area contributed by atoms with Crippen LogP contribution in [-0.4, -0.2) is 22.0 Å². The fraction of sp³-hybridized carbons (Fsp3) is 0.353. The van der Waals surface area contributed by atoms with Crippen LogP contribution >= 0.6 is 0 Å². The molecule has 1 atom stereocenters. The van der Waals surface area contributed by atoms with Gasteiger partial charge in [0.15, 0.2) is 0 Å². The molecule has 0 aliphatic heterocycles. The van der Waals surface area contributed by atoms with Gasteiger partial charge in [-0.3, -0.25) is 20.2 Å². The van der Waals surface area contributed by atoms with Gasteiger partial charge in [-0.15, -0.1) is 0 Å². The molecule has 0 radical (unpaired) electrons. The second kappa shape index (κ2) is 7.74. The van der Waals surface area contributed by atoms with Crippen molar-refractivity contribution in [2.45, 2.75) is 32.9 Å². The molecule has 0 bridgehead atoms. The topological polar surface area (TPSA) is 106 Å². The van der Waals surface area contributed by atoms with Crippen molar-refractivity contribution < 1.29 is 19.2 Å². The number of carboxylic acid groups (broad SMARTS) is 1. The Hall–Kier alpha value is -2.67. The summed E-state index contributed by atoms with van der Waals surface area (Å²) in [5.74, 6) is 0.576. The molecule has 1 aromatic heterocycles. The van der Waals surface area contributed by atoms with Crippen molar-refractivity contribution in [2.75, 3.05) is 0 Å². The van der Waals surface area contributed by atoms with Gasteiger partial charge in [0.2, 0.25) is 0 Å². The van der Waals surface area contributed by atoms with Crippen molar-refractivity contribution in [2.24, 2.45) is 5.92 Å². The number of benzene rings is 1. The molecule has 2 rings (SSSR count). The molecule has 0 saturated heterocycles. The fourth-order valence-corrected chi connectivity index (χ4v) is 2.34. The summed E-state index contributed by atoms with van der Waals surface area (Å²) in [7, 11) is 0. The number of furan rings is 1. The summed E-state index contributed by atoms with van der Waals surface area (Å²) in [6, 6.07) is 8.96. The smallest absolute Gasteiger partial charge is 0.320 e. The van der Waals surface area contributed by atoms with Crippen LogP contribution in [0.15, 0.2) is 40.8 Å². The average molecular weight is 332 g/mol. The first-order valence-corrected chi connectivity index (χ1v) is 7.66. The van der Waals surface area contributed by atoms with E-state index in [-0.39, 0.29) is 11.6 Å². The van der Waals surface area contributed by atoms with E-state index >= 15 is 0 Å². The molecule has 0 amide bonds. The quantitative estimate of drug-likeness (QED) is 0.566. The highest BCUT2D eigenvalue weighted by Crippen LogP contribution is 2.24. The summed E-state index contributed by atoms with van der Waals surface area (Å²) in [6.45, 7) is 4.24. The molecule has 2 aromatic rings. The normalized spacial score (nSPS) is 12.3. The molecule has 0 aliphatic rings. The number of nitrogens with zero attached hydrogens (tertiary/aromatic N) is 1. The lowest BCUT2D eigenvalue weighted by Crippen LogP contribution is -2.37. The van der Waals surface area contributed by atoms with Crippen LogP contribution in [0.2, 0.25) is 0 Å². The minimum absolute atomic E-state index is 0.0187. The lowest BCUT2D eigenvalue weighted by molar-refractivity contribution is -0.384. The van der Waals surface area contributed by atoms with Crippen LogP contribution in [0.3, 0.4) is 0 Å². The van der Waals surface area contributed by atoms with Crippen LogP contribution in [-0.2, 0) is 11.3 Å². The summed E-state index contributed by atoms with van der Waals surface area (Å²) in [6.07, 6.45) is 0.533. The number of aliphatic carboxylic acids is 1. The van der Waals surface area contributed by atoms with Crippen LogP contribution in [0.4, 0.5) is 5.69 Å². The van der Waals surface area contributed by atoms with Gasteiger partial charge in [-0.1, -0.05) is 13.8 Å². The molecule has 24 heavy (non-hydrogen) atoms. The van der Waals surface area contributed by atoms with Crippen molar-refractivity contribution in [1.82, 2.24) is 5.32 Å². The maximum Gasteiger partial charge on any atom is 0.320 e. The third-order valence-corrected chi connectivity index (χ3v) is 3.55. The van der Waals surface area contributed by atoms with E-state index in [9.17, 15) is 20.0 Å². The molecule has 128 valence electrons. The highest BCUT2D eigenvalue weighted by molar-refractivity contribution is 5.73. The molecule has 7 heteroatoms. The molecule has 1 unspecified atom stereocenters. The van der Waals surface area contributed by atoms with E-state index in [0.29, 0.717) is 24.5 Å². The summed E-state index contributed by atoms with van der Waals surface area (Å²) in [5.41, 5.74) is 0.744. The van der Waals surface area contributed by atoms with Crippen molar-refractivity contribution in [3.63, 3.8) is 0 Å². The van der Waals surface area contributed by atoms with Gasteiger partial charge in [0.25, 0.3) is 5.69 Å². The molecule has 1 aromatic carbocycles. The van der Waals surface area contributed by atoms with Gasteiger partial charge in [-0.25, -0.2) is 0 Å². The maximum absolute atomic E-state index is 11.2. The first-order valence-electron chi connectivity index (χ1n) is 7.66. The second-order valence-corrected chi connectivity index (χ2v) is 5.97. The number of carbonyl (C=O) groups is 1. The zero-order chi connectivity index (χ0) is 17.7. The zero-order valence-corrected chi connectivity index (χ0v) is 13.6. The first kappa shape index (κ1) is 17.7. The molecule has 7 nitrogen and oxygen atoms in total. The minimum Gasteiger partial charge on any atom is -0.480 e. The highest BCUT2D eigenvalue weighted by Gasteiger charge is 2.18. The van der Waals surface area contributed by atoms with Crippen LogP contribution in [0, 0.1) is 16.0 Å². The van der Waals surface area contributed by atoms with Gasteiger partial charge in [-0.05, 0) is 36.6 Å². The number of nitrogens with one attached hydrogen (secondary N) is 1. The third-order valence-electron chi connectivity index (χ3n) is 3.55. The number of nitro benzene ring substituents is 1. The lowest BCUT2D eigenvalue weighted by Gasteiger charge is -2.15. The van der Waals surface area contributed by atoms with Crippen molar-refractivity contribution in [3.8, 4) is 11.3 Å². The van der Waals surface area contributed by atoms with Gasteiger partial charge in [0.05, 0.1) is 11.5 Å². The largest absolute Gasteiger partial charge is 0.480 e. The van der Waals surface area contributed by atoms with Gasteiger partial charge in [0, 0.05) is 17.7 Å². The SMILES string of the molecule is CC(C)CC(NCc1ccc(-c2ccc([N+](=O)[O-])cc2)o1)C(=O)O. The Bertz CT molecular complexity index is 706. The van der Waals surface area contributed by atoms with Gasteiger partial charge in [-0.2, -0.15) is 0 Å². The van der Waals surface area contributed by atoms with Gasteiger partial charge >= 0.3 is 5.97 Å². The number of hydrogen-bond acceptors (Lipinski definition) is 5. The van der Waals surface area contributed by atoms with Crippen molar-refractivity contribution in [3.05, 3.63) is 52.3 Å². The summed E-state index contributed by atoms with van der Waals surface area (Å²) in [5, 5.41) is 22.8. The minimum atomic E-state index is -0.883. The van der Waals surface area contributed by atoms with Gasteiger partial charge < -0.3 is 9.52 Å². The zero-order valence-electron chi connectivity index (χ0n) is 13.6.